The van der Waals surface area contributed by atoms with Gasteiger partial charge in [0.05, 0.1) is 11.1 Å². The number of hydrogen-bond donors (Lipinski definition) is 3. The van der Waals surface area contributed by atoms with Gasteiger partial charge in [-0.05, 0) is 18.2 Å². The van der Waals surface area contributed by atoms with Gasteiger partial charge in [-0.3, -0.25) is 14.4 Å². The lowest BCUT2D eigenvalue weighted by Crippen LogP contribution is -2.27. The van der Waals surface area contributed by atoms with E-state index in [1.54, 1.807) is 5.48 Å². The Morgan fingerprint density at radius 1 is 1.21 bits per heavy atom. The fourth-order valence-corrected chi connectivity index (χ4v) is 1.25. The number of carboxylic acids is 1. The SMILES string of the molecule is CC(=O)ONC(=O)c1ccc(C(N)=O)cc1C(=O)O. The number of benzene rings is 1. The number of primary amides is 1. The van der Waals surface area contributed by atoms with Crippen molar-refractivity contribution in [2.75, 3.05) is 0 Å². The lowest BCUT2D eigenvalue weighted by molar-refractivity contribution is -0.146. The number of carbonyl (C=O) groups is 4. The van der Waals surface area contributed by atoms with E-state index in [4.69, 9.17) is 10.8 Å². The van der Waals surface area contributed by atoms with Crippen molar-refractivity contribution in [3.63, 3.8) is 0 Å². The van der Waals surface area contributed by atoms with Crippen LogP contribution in [0.1, 0.15) is 38.0 Å². The Balaban J connectivity index is 3.13. The van der Waals surface area contributed by atoms with Gasteiger partial charge in [-0.2, -0.15) is 5.48 Å². The van der Waals surface area contributed by atoms with E-state index in [2.05, 4.69) is 4.84 Å². The third-order valence-electron chi connectivity index (χ3n) is 2.07. The highest BCUT2D eigenvalue weighted by molar-refractivity contribution is 6.06. The van der Waals surface area contributed by atoms with E-state index in [9.17, 15) is 19.2 Å². The van der Waals surface area contributed by atoms with Gasteiger partial charge < -0.3 is 15.7 Å². The molecular formula is C11H10N2O6. The molecule has 0 radical (unpaired) electrons. The molecule has 0 aliphatic rings. The van der Waals surface area contributed by atoms with E-state index in [-0.39, 0.29) is 11.1 Å². The van der Waals surface area contributed by atoms with Crippen molar-refractivity contribution < 1.29 is 29.1 Å². The molecule has 19 heavy (non-hydrogen) atoms. The molecule has 0 aliphatic heterocycles. The summed E-state index contributed by atoms with van der Waals surface area (Å²) in [6.07, 6.45) is 0. The normalized spacial score (nSPS) is 9.53. The van der Waals surface area contributed by atoms with Crippen LogP contribution in [0.2, 0.25) is 0 Å². The number of carboxylic acid groups (broad SMARTS) is 1. The summed E-state index contributed by atoms with van der Waals surface area (Å²) in [7, 11) is 0. The fraction of sp³-hybridized carbons (Fsp3) is 0.0909. The lowest BCUT2D eigenvalue weighted by atomic mass is 10.0. The Kier molecular flexibility index (Phi) is 4.19. The maximum Gasteiger partial charge on any atom is 0.336 e. The molecule has 0 heterocycles. The zero-order valence-corrected chi connectivity index (χ0v) is 9.80. The van der Waals surface area contributed by atoms with Crippen molar-refractivity contribution in [2.24, 2.45) is 5.73 Å². The van der Waals surface area contributed by atoms with Crippen molar-refractivity contribution in [1.82, 2.24) is 5.48 Å². The summed E-state index contributed by atoms with van der Waals surface area (Å²) >= 11 is 0. The molecule has 1 rings (SSSR count). The van der Waals surface area contributed by atoms with Crippen LogP contribution in [0.25, 0.3) is 0 Å². The molecule has 1 aromatic rings. The first-order valence-electron chi connectivity index (χ1n) is 4.98. The zero-order valence-electron chi connectivity index (χ0n) is 9.80. The number of rotatable bonds is 3. The predicted molar refractivity (Wildman–Crippen MR) is 61.2 cm³/mol. The second-order valence-corrected chi connectivity index (χ2v) is 3.45. The summed E-state index contributed by atoms with van der Waals surface area (Å²) in [6, 6.07) is 3.26. The fourth-order valence-electron chi connectivity index (χ4n) is 1.25. The van der Waals surface area contributed by atoms with Crippen LogP contribution in [0.15, 0.2) is 18.2 Å². The molecule has 0 saturated heterocycles. The number of nitrogens with two attached hydrogens (primary N) is 1. The van der Waals surface area contributed by atoms with Crippen LogP contribution < -0.4 is 11.2 Å². The van der Waals surface area contributed by atoms with Gasteiger partial charge in [0.25, 0.3) is 5.91 Å². The van der Waals surface area contributed by atoms with Gasteiger partial charge in [0, 0.05) is 12.5 Å². The molecule has 0 saturated carbocycles. The standard InChI is InChI=1S/C11H10N2O6/c1-5(14)19-13-10(16)7-3-2-6(9(12)15)4-8(7)11(17)18/h2-4H,1H3,(H2,12,15)(H,13,16)(H,17,18). The van der Waals surface area contributed by atoms with Crippen molar-refractivity contribution in [1.29, 1.82) is 0 Å². The topological polar surface area (TPSA) is 136 Å². The molecule has 0 aromatic heterocycles. The summed E-state index contributed by atoms with van der Waals surface area (Å²) in [5.41, 5.74) is 6.03. The first-order chi connectivity index (χ1) is 8.82. The summed E-state index contributed by atoms with van der Waals surface area (Å²) < 4.78 is 0. The number of nitrogens with one attached hydrogen (secondary N) is 1. The minimum Gasteiger partial charge on any atom is -0.478 e. The van der Waals surface area contributed by atoms with Crippen molar-refractivity contribution in [2.45, 2.75) is 6.92 Å². The average molecular weight is 266 g/mol. The minimum absolute atomic E-state index is 0.0542. The molecule has 4 N–H and O–H groups in total. The van der Waals surface area contributed by atoms with Crippen LogP contribution in [0.5, 0.6) is 0 Å². The first kappa shape index (κ1) is 14.2. The Morgan fingerprint density at radius 3 is 2.32 bits per heavy atom. The number of hydroxylamine groups is 1. The Bertz CT molecular complexity index is 566. The first-order valence-corrected chi connectivity index (χ1v) is 4.98. The van der Waals surface area contributed by atoms with Gasteiger partial charge in [0.2, 0.25) is 5.91 Å². The Morgan fingerprint density at radius 2 is 1.84 bits per heavy atom. The van der Waals surface area contributed by atoms with Gasteiger partial charge in [-0.15, -0.1) is 0 Å². The van der Waals surface area contributed by atoms with E-state index in [0.29, 0.717) is 0 Å². The van der Waals surface area contributed by atoms with E-state index in [1.807, 2.05) is 0 Å². The predicted octanol–water partition coefficient (Wildman–Crippen LogP) is -0.308. The molecular weight excluding hydrogens is 256 g/mol. The van der Waals surface area contributed by atoms with E-state index in [0.717, 1.165) is 19.1 Å². The van der Waals surface area contributed by atoms with Crippen LogP contribution in [0, 0.1) is 0 Å². The molecule has 0 fully saturated rings. The maximum absolute atomic E-state index is 11.6. The molecule has 0 atom stereocenters. The molecule has 0 aliphatic carbocycles. The van der Waals surface area contributed by atoms with E-state index in [1.165, 1.54) is 6.07 Å². The second kappa shape index (κ2) is 5.63. The quantitative estimate of drug-likeness (QED) is 0.642. The monoisotopic (exact) mass is 266 g/mol. The molecule has 0 bridgehead atoms. The maximum atomic E-state index is 11.6. The van der Waals surface area contributed by atoms with Crippen LogP contribution in [0.3, 0.4) is 0 Å². The molecule has 0 spiro atoms. The third-order valence-corrected chi connectivity index (χ3v) is 2.07. The van der Waals surface area contributed by atoms with E-state index < -0.39 is 29.3 Å². The highest BCUT2D eigenvalue weighted by Crippen LogP contribution is 2.12. The minimum atomic E-state index is -1.42. The smallest absolute Gasteiger partial charge is 0.336 e. The Labute approximate surface area is 107 Å². The number of carbonyl (C=O) groups excluding carboxylic acids is 3. The van der Waals surface area contributed by atoms with Crippen LogP contribution in [-0.4, -0.2) is 28.9 Å². The highest BCUT2D eigenvalue weighted by Gasteiger charge is 2.19. The lowest BCUT2D eigenvalue weighted by Gasteiger charge is -2.07. The molecule has 0 unspecified atom stereocenters. The zero-order chi connectivity index (χ0) is 14.6. The number of aromatic carboxylic acids is 1. The number of hydrogen-bond acceptors (Lipinski definition) is 5. The van der Waals surface area contributed by atoms with Gasteiger partial charge in [-0.25, -0.2) is 4.79 Å². The third kappa shape index (κ3) is 3.53. The molecule has 2 amide bonds. The molecule has 8 nitrogen and oxygen atoms in total. The highest BCUT2D eigenvalue weighted by atomic mass is 16.7. The summed E-state index contributed by atoms with van der Waals surface area (Å²) in [4.78, 5) is 48.3. The van der Waals surface area contributed by atoms with Gasteiger partial charge in [0.1, 0.15) is 0 Å². The van der Waals surface area contributed by atoms with Crippen LogP contribution in [0.4, 0.5) is 0 Å². The summed E-state index contributed by atoms with van der Waals surface area (Å²) in [6.45, 7) is 1.06. The van der Waals surface area contributed by atoms with E-state index >= 15 is 0 Å². The van der Waals surface area contributed by atoms with Crippen molar-refractivity contribution in [3.8, 4) is 0 Å². The largest absolute Gasteiger partial charge is 0.478 e. The van der Waals surface area contributed by atoms with Gasteiger partial charge >= 0.3 is 11.9 Å². The molecule has 1 aromatic carbocycles. The summed E-state index contributed by atoms with van der Waals surface area (Å²) in [5.74, 6) is -3.94. The van der Waals surface area contributed by atoms with Gasteiger partial charge in [0.15, 0.2) is 0 Å². The van der Waals surface area contributed by atoms with Crippen LogP contribution in [-0.2, 0) is 9.63 Å². The second-order valence-electron chi connectivity index (χ2n) is 3.45. The van der Waals surface area contributed by atoms with Crippen molar-refractivity contribution in [3.05, 3.63) is 34.9 Å². The van der Waals surface area contributed by atoms with Gasteiger partial charge in [-0.1, -0.05) is 0 Å². The average Bonchev–Trinajstić information content (AvgIpc) is 2.34. The molecule has 8 heteroatoms. The molecule has 100 valence electrons. The Hall–Kier alpha value is -2.90. The van der Waals surface area contributed by atoms with Crippen LogP contribution >= 0.6 is 0 Å². The summed E-state index contributed by atoms with van der Waals surface area (Å²) in [5, 5.41) is 8.96. The number of amides is 2. The van der Waals surface area contributed by atoms with Crippen molar-refractivity contribution >= 4 is 23.8 Å².